The standard InChI is InChI=1S/C20H16ClFN6/c1-12(2)19-23-11-17(18(24-19)13-4-3-5-15(22)10-13)20-25-26-27-28(20)16-8-6-14(21)7-9-16/h3-12H,1-2H3. The SMILES string of the molecule is CC(C)c1ncc(-c2nnnn2-c2ccc(Cl)cc2)c(-c2cccc(F)c2)n1. The minimum Gasteiger partial charge on any atom is -0.240 e. The summed E-state index contributed by atoms with van der Waals surface area (Å²) in [6, 6.07) is 13.4. The lowest BCUT2D eigenvalue weighted by atomic mass is 10.1. The lowest BCUT2D eigenvalue weighted by Crippen LogP contribution is -2.05. The van der Waals surface area contributed by atoms with Crippen molar-refractivity contribution >= 4 is 11.6 Å². The van der Waals surface area contributed by atoms with Gasteiger partial charge < -0.3 is 0 Å². The van der Waals surface area contributed by atoms with Crippen molar-refractivity contribution in [3.63, 3.8) is 0 Å². The fourth-order valence-corrected chi connectivity index (χ4v) is 2.93. The molecule has 140 valence electrons. The number of tetrazole rings is 1. The molecule has 6 nitrogen and oxygen atoms in total. The van der Waals surface area contributed by atoms with E-state index >= 15 is 0 Å². The predicted molar refractivity (Wildman–Crippen MR) is 105 cm³/mol. The predicted octanol–water partition coefficient (Wildman–Crippen LogP) is 4.70. The Kier molecular flexibility index (Phi) is 4.83. The molecule has 0 radical (unpaired) electrons. The van der Waals surface area contributed by atoms with Crippen LogP contribution in [0.4, 0.5) is 4.39 Å². The van der Waals surface area contributed by atoms with Crippen LogP contribution < -0.4 is 0 Å². The molecule has 2 aromatic carbocycles. The Balaban J connectivity index is 1.92. The molecule has 0 unspecified atom stereocenters. The zero-order chi connectivity index (χ0) is 19.7. The minimum atomic E-state index is -0.342. The van der Waals surface area contributed by atoms with Crippen LogP contribution in [0.1, 0.15) is 25.6 Å². The molecule has 0 saturated carbocycles. The van der Waals surface area contributed by atoms with Gasteiger partial charge in [-0.25, -0.2) is 14.4 Å². The van der Waals surface area contributed by atoms with Gasteiger partial charge in [-0.3, -0.25) is 0 Å². The first-order valence-electron chi connectivity index (χ1n) is 8.70. The smallest absolute Gasteiger partial charge is 0.190 e. The van der Waals surface area contributed by atoms with E-state index in [1.807, 2.05) is 26.0 Å². The van der Waals surface area contributed by atoms with E-state index in [0.29, 0.717) is 33.5 Å². The first-order valence-corrected chi connectivity index (χ1v) is 9.08. The second-order valence-electron chi connectivity index (χ2n) is 6.55. The van der Waals surface area contributed by atoms with Crippen molar-refractivity contribution in [1.29, 1.82) is 0 Å². The number of aromatic nitrogens is 6. The number of rotatable bonds is 4. The fourth-order valence-electron chi connectivity index (χ4n) is 2.80. The summed E-state index contributed by atoms with van der Waals surface area (Å²) in [4.78, 5) is 9.14. The first kappa shape index (κ1) is 18.2. The van der Waals surface area contributed by atoms with Crippen LogP contribution in [0.3, 0.4) is 0 Å². The molecule has 8 heteroatoms. The average molecular weight is 395 g/mol. The maximum Gasteiger partial charge on any atom is 0.190 e. The lowest BCUT2D eigenvalue weighted by Gasteiger charge is -2.12. The van der Waals surface area contributed by atoms with Gasteiger partial charge in [0.1, 0.15) is 11.6 Å². The summed E-state index contributed by atoms with van der Waals surface area (Å²) < 4.78 is 15.4. The highest BCUT2D eigenvalue weighted by molar-refractivity contribution is 6.30. The van der Waals surface area contributed by atoms with E-state index in [2.05, 4.69) is 25.5 Å². The molecule has 0 saturated heterocycles. The zero-order valence-electron chi connectivity index (χ0n) is 15.2. The van der Waals surface area contributed by atoms with Crippen molar-refractivity contribution in [2.45, 2.75) is 19.8 Å². The van der Waals surface area contributed by atoms with Crippen LogP contribution in [0.5, 0.6) is 0 Å². The zero-order valence-corrected chi connectivity index (χ0v) is 16.0. The second-order valence-corrected chi connectivity index (χ2v) is 6.98. The molecule has 0 fully saturated rings. The molecule has 0 aliphatic carbocycles. The van der Waals surface area contributed by atoms with Crippen LogP contribution in [0.15, 0.2) is 54.7 Å². The Labute approximate surface area is 166 Å². The lowest BCUT2D eigenvalue weighted by molar-refractivity contribution is 0.628. The van der Waals surface area contributed by atoms with Gasteiger partial charge in [-0.15, -0.1) is 5.10 Å². The quantitative estimate of drug-likeness (QED) is 0.501. The Morgan fingerprint density at radius 3 is 2.57 bits per heavy atom. The van der Waals surface area contributed by atoms with Crippen LogP contribution in [-0.2, 0) is 0 Å². The van der Waals surface area contributed by atoms with E-state index in [1.54, 1.807) is 35.1 Å². The van der Waals surface area contributed by atoms with Crippen molar-refractivity contribution in [2.75, 3.05) is 0 Å². The summed E-state index contributed by atoms with van der Waals surface area (Å²) in [5.74, 6) is 0.893. The minimum absolute atomic E-state index is 0.119. The van der Waals surface area contributed by atoms with Gasteiger partial charge in [-0.1, -0.05) is 37.6 Å². The molecule has 0 bridgehead atoms. The van der Waals surface area contributed by atoms with Gasteiger partial charge in [-0.2, -0.15) is 4.68 Å². The second kappa shape index (κ2) is 7.44. The normalized spacial score (nSPS) is 11.2. The number of nitrogens with zero attached hydrogens (tertiary/aromatic N) is 6. The number of hydrogen-bond acceptors (Lipinski definition) is 5. The van der Waals surface area contributed by atoms with Gasteiger partial charge in [0.25, 0.3) is 0 Å². The van der Waals surface area contributed by atoms with Crippen LogP contribution in [0, 0.1) is 5.82 Å². The summed E-state index contributed by atoms with van der Waals surface area (Å²) in [5, 5.41) is 12.7. The van der Waals surface area contributed by atoms with Gasteiger partial charge in [0, 0.05) is 22.7 Å². The van der Waals surface area contributed by atoms with Crippen LogP contribution in [0.2, 0.25) is 5.02 Å². The maximum atomic E-state index is 13.9. The molecular formula is C20H16ClFN6. The van der Waals surface area contributed by atoms with E-state index in [4.69, 9.17) is 11.6 Å². The molecule has 2 heterocycles. The molecule has 4 rings (SSSR count). The molecule has 2 aromatic heterocycles. The highest BCUT2D eigenvalue weighted by Crippen LogP contribution is 2.31. The van der Waals surface area contributed by atoms with Crippen LogP contribution in [0.25, 0.3) is 28.3 Å². The maximum absolute atomic E-state index is 13.9. The third-order valence-corrected chi connectivity index (χ3v) is 4.46. The van der Waals surface area contributed by atoms with Gasteiger partial charge >= 0.3 is 0 Å². The van der Waals surface area contributed by atoms with Gasteiger partial charge in [0.15, 0.2) is 5.82 Å². The molecule has 0 N–H and O–H groups in total. The van der Waals surface area contributed by atoms with Gasteiger partial charge in [0.2, 0.25) is 0 Å². The number of benzene rings is 2. The molecule has 0 aliphatic rings. The topological polar surface area (TPSA) is 69.4 Å². The third kappa shape index (κ3) is 3.48. The van der Waals surface area contributed by atoms with Crippen molar-refractivity contribution in [3.8, 4) is 28.3 Å². The van der Waals surface area contributed by atoms with Crippen molar-refractivity contribution in [1.82, 2.24) is 30.2 Å². The molecule has 0 atom stereocenters. The monoisotopic (exact) mass is 394 g/mol. The summed E-state index contributed by atoms with van der Waals surface area (Å²) in [6.07, 6.45) is 1.68. The fraction of sp³-hybridized carbons (Fsp3) is 0.150. The highest BCUT2D eigenvalue weighted by Gasteiger charge is 2.19. The Hall–Kier alpha value is -3.19. The summed E-state index contributed by atoms with van der Waals surface area (Å²) in [5.41, 5.74) is 2.55. The van der Waals surface area contributed by atoms with E-state index in [1.165, 1.54) is 12.1 Å². The van der Waals surface area contributed by atoms with Gasteiger partial charge in [0.05, 0.1) is 16.9 Å². The molecule has 0 aliphatic heterocycles. The number of halogens is 2. The molecular weight excluding hydrogens is 379 g/mol. The molecule has 28 heavy (non-hydrogen) atoms. The van der Waals surface area contributed by atoms with E-state index in [-0.39, 0.29) is 11.7 Å². The van der Waals surface area contributed by atoms with Crippen LogP contribution >= 0.6 is 11.6 Å². The Morgan fingerprint density at radius 2 is 1.86 bits per heavy atom. The first-order chi connectivity index (χ1) is 13.5. The summed E-state index contributed by atoms with van der Waals surface area (Å²) in [6.45, 7) is 4.00. The van der Waals surface area contributed by atoms with Crippen LogP contribution in [-0.4, -0.2) is 30.2 Å². The Morgan fingerprint density at radius 1 is 1.07 bits per heavy atom. The molecule has 0 amide bonds. The Bertz CT molecular complexity index is 1120. The molecule has 4 aromatic rings. The summed E-state index contributed by atoms with van der Waals surface area (Å²) >= 11 is 5.98. The largest absolute Gasteiger partial charge is 0.240 e. The molecule has 0 spiro atoms. The average Bonchev–Trinajstić information content (AvgIpc) is 3.17. The number of hydrogen-bond donors (Lipinski definition) is 0. The van der Waals surface area contributed by atoms with Crippen molar-refractivity contribution < 1.29 is 4.39 Å². The summed E-state index contributed by atoms with van der Waals surface area (Å²) in [7, 11) is 0. The van der Waals surface area contributed by atoms with Gasteiger partial charge in [-0.05, 0) is 46.8 Å². The van der Waals surface area contributed by atoms with Crippen molar-refractivity contribution in [3.05, 3.63) is 71.4 Å². The van der Waals surface area contributed by atoms with E-state index in [9.17, 15) is 4.39 Å². The third-order valence-electron chi connectivity index (χ3n) is 4.20. The highest BCUT2D eigenvalue weighted by atomic mass is 35.5. The van der Waals surface area contributed by atoms with Crippen molar-refractivity contribution in [2.24, 2.45) is 0 Å². The van der Waals surface area contributed by atoms with E-state index < -0.39 is 0 Å². The van der Waals surface area contributed by atoms with E-state index in [0.717, 1.165) is 5.69 Å².